The van der Waals surface area contributed by atoms with Gasteiger partial charge in [0, 0.05) is 19.3 Å². The summed E-state index contributed by atoms with van der Waals surface area (Å²) in [7, 11) is 3.40. The van der Waals surface area contributed by atoms with Crippen LogP contribution in [0.1, 0.15) is 12.5 Å². The third-order valence-corrected chi connectivity index (χ3v) is 3.46. The van der Waals surface area contributed by atoms with E-state index in [0.29, 0.717) is 17.1 Å². The quantitative estimate of drug-likeness (QED) is 0.562. The van der Waals surface area contributed by atoms with Crippen LogP contribution in [-0.4, -0.2) is 27.1 Å². The number of nitrogens with one attached hydrogen (secondary N) is 1. The van der Waals surface area contributed by atoms with Crippen LogP contribution in [-0.2, 0) is 0 Å². The molecule has 0 aliphatic rings. The van der Waals surface area contributed by atoms with Crippen molar-refractivity contribution >= 4 is 41.4 Å². The molecule has 6 heteroatoms. The first-order valence-electron chi connectivity index (χ1n) is 7.50. The van der Waals surface area contributed by atoms with Crippen molar-refractivity contribution in [2.45, 2.75) is 13.8 Å². The SMILES string of the molecule is C=Nc1cc(NC)c(N=Nc2ccc(N=CC)c(C)c2)cc1OC. The van der Waals surface area contributed by atoms with Crippen molar-refractivity contribution in [3.05, 3.63) is 35.9 Å². The van der Waals surface area contributed by atoms with Gasteiger partial charge < -0.3 is 10.1 Å². The fourth-order valence-electron chi connectivity index (χ4n) is 2.23. The molecule has 0 unspecified atom stereocenters. The third-order valence-electron chi connectivity index (χ3n) is 3.46. The molecule has 0 spiro atoms. The number of benzene rings is 2. The number of aryl methyl sites for hydroxylation is 1. The molecule has 0 atom stereocenters. The van der Waals surface area contributed by atoms with Crippen molar-refractivity contribution in [2.24, 2.45) is 20.2 Å². The van der Waals surface area contributed by atoms with Gasteiger partial charge in [0.25, 0.3) is 0 Å². The van der Waals surface area contributed by atoms with Gasteiger partial charge >= 0.3 is 0 Å². The van der Waals surface area contributed by atoms with E-state index in [1.54, 1.807) is 19.4 Å². The smallest absolute Gasteiger partial charge is 0.146 e. The molecule has 0 heterocycles. The molecular formula is C18H21N5O. The zero-order valence-corrected chi connectivity index (χ0v) is 14.4. The maximum atomic E-state index is 5.31. The van der Waals surface area contributed by atoms with Crippen LogP contribution in [0.15, 0.2) is 50.5 Å². The van der Waals surface area contributed by atoms with Gasteiger partial charge in [-0.1, -0.05) is 0 Å². The number of hydrogen-bond donors (Lipinski definition) is 1. The molecule has 0 aliphatic carbocycles. The number of ether oxygens (including phenoxy) is 1. The van der Waals surface area contributed by atoms with Gasteiger partial charge in [-0.25, -0.2) is 0 Å². The summed E-state index contributed by atoms with van der Waals surface area (Å²) in [4.78, 5) is 8.24. The molecule has 6 nitrogen and oxygen atoms in total. The minimum absolute atomic E-state index is 0.599. The summed E-state index contributed by atoms with van der Waals surface area (Å²) in [5, 5.41) is 11.7. The highest BCUT2D eigenvalue weighted by Gasteiger charge is 2.08. The normalized spacial score (nSPS) is 11.2. The molecule has 1 N–H and O–H groups in total. The first kappa shape index (κ1) is 17.3. The second kappa shape index (κ2) is 8.01. The monoisotopic (exact) mass is 323 g/mol. The van der Waals surface area contributed by atoms with Gasteiger partial charge in [0.2, 0.25) is 0 Å². The Kier molecular flexibility index (Phi) is 5.78. The minimum atomic E-state index is 0.599. The number of rotatable bonds is 6. The fourth-order valence-corrected chi connectivity index (χ4v) is 2.23. The largest absolute Gasteiger partial charge is 0.494 e. The molecule has 0 fully saturated rings. The Balaban J connectivity index is 2.37. The Hall–Kier alpha value is -3.02. The van der Waals surface area contributed by atoms with Crippen molar-refractivity contribution in [3.8, 4) is 5.75 Å². The van der Waals surface area contributed by atoms with E-state index >= 15 is 0 Å². The molecule has 0 saturated heterocycles. The van der Waals surface area contributed by atoms with E-state index in [9.17, 15) is 0 Å². The van der Waals surface area contributed by atoms with Crippen molar-refractivity contribution < 1.29 is 4.74 Å². The number of nitrogens with zero attached hydrogens (tertiary/aromatic N) is 4. The van der Waals surface area contributed by atoms with Gasteiger partial charge in [-0.05, 0) is 50.4 Å². The first-order valence-corrected chi connectivity index (χ1v) is 7.50. The van der Waals surface area contributed by atoms with Crippen molar-refractivity contribution in [1.82, 2.24) is 0 Å². The summed E-state index contributed by atoms with van der Waals surface area (Å²) in [6.07, 6.45) is 1.77. The summed E-state index contributed by atoms with van der Waals surface area (Å²) in [5.41, 5.74) is 4.84. The Labute approximate surface area is 142 Å². The maximum Gasteiger partial charge on any atom is 0.146 e. The van der Waals surface area contributed by atoms with Gasteiger partial charge in [0.1, 0.15) is 17.1 Å². The lowest BCUT2D eigenvalue weighted by Crippen LogP contribution is -1.90. The topological polar surface area (TPSA) is 70.7 Å². The zero-order chi connectivity index (χ0) is 17.5. The highest BCUT2D eigenvalue weighted by molar-refractivity contribution is 5.75. The predicted octanol–water partition coefficient (Wildman–Crippen LogP) is 5.52. The van der Waals surface area contributed by atoms with E-state index in [0.717, 1.165) is 22.6 Å². The van der Waals surface area contributed by atoms with Gasteiger partial charge in [-0.3, -0.25) is 9.98 Å². The number of aliphatic imine (C=N–C) groups is 2. The minimum Gasteiger partial charge on any atom is -0.494 e. The summed E-state index contributed by atoms with van der Waals surface area (Å²) in [5.74, 6) is 0.599. The van der Waals surface area contributed by atoms with Crippen LogP contribution in [0.25, 0.3) is 0 Å². The van der Waals surface area contributed by atoms with Gasteiger partial charge in [-0.15, -0.1) is 5.11 Å². The van der Waals surface area contributed by atoms with Crippen molar-refractivity contribution in [1.29, 1.82) is 0 Å². The summed E-state index contributed by atoms with van der Waals surface area (Å²) < 4.78 is 5.31. The molecule has 2 rings (SSSR count). The molecular weight excluding hydrogens is 302 g/mol. The van der Waals surface area contributed by atoms with Crippen molar-refractivity contribution in [3.63, 3.8) is 0 Å². The Morgan fingerprint density at radius 3 is 2.46 bits per heavy atom. The summed E-state index contributed by atoms with van der Waals surface area (Å²) in [6, 6.07) is 9.36. The molecule has 0 saturated carbocycles. The van der Waals surface area contributed by atoms with Crippen LogP contribution in [0.4, 0.5) is 28.4 Å². The lowest BCUT2D eigenvalue weighted by molar-refractivity contribution is 0.416. The van der Waals surface area contributed by atoms with Crippen LogP contribution in [0, 0.1) is 6.92 Å². The molecule has 0 aliphatic heterocycles. The maximum absolute atomic E-state index is 5.31. The van der Waals surface area contributed by atoms with E-state index in [4.69, 9.17) is 4.74 Å². The van der Waals surface area contributed by atoms with E-state index < -0.39 is 0 Å². The van der Waals surface area contributed by atoms with Crippen molar-refractivity contribution in [2.75, 3.05) is 19.5 Å². The highest BCUT2D eigenvalue weighted by atomic mass is 16.5. The second-order valence-electron chi connectivity index (χ2n) is 5.01. The molecule has 0 radical (unpaired) electrons. The predicted molar refractivity (Wildman–Crippen MR) is 101 cm³/mol. The Morgan fingerprint density at radius 2 is 1.88 bits per heavy atom. The van der Waals surface area contributed by atoms with Gasteiger partial charge in [0.15, 0.2) is 0 Å². The van der Waals surface area contributed by atoms with Gasteiger partial charge in [-0.2, -0.15) is 5.11 Å². The standard InChI is InChI=1S/C18H21N5O/c1-6-21-14-8-7-13(9-12(14)2)22-23-16-11-18(24-5)17(20-4)10-15(16)19-3/h6-11,19H,4H2,1-3,5H3. The average Bonchev–Trinajstić information content (AvgIpc) is 2.61. The van der Waals surface area contributed by atoms with E-state index in [1.807, 2.05) is 45.2 Å². The van der Waals surface area contributed by atoms with Gasteiger partial charge in [0.05, 0.1) is 24.2 Å². The second-order valence-corrected chi connectivity index (χ2v) is 5.01. The molecule has 2 aromatic rings. The van der Waals surface area contributed by atoms with Crippen LogP contribution in [0.2, 0.25) is 0 Å². The first-order chi connectivity index (χ1) is 11.6. The lowest BCUT2D eigenvalue weighted by atomic mass is 10.2. The number of azo groups is 1. The Morgan fingerprint density at radius 1 is 1.08 bits per heavy atom. The van der Waals surface area contributed by atoms with Crippen LogP contribution < -0.4 is 10.1 Å². The average molecular weight is 323 g/mol. The third kappa shape index (κ3) is 3.84. The van der Waals surface area contributed by atoms with Crippen LogP contribution >= 0.6 is 0 Å². The summed E-state index contributed by atoms with van der Waals surface area (Å²) in [6.45, 7) is 7.43. The molecule has 0 aromatic heterocycles. The van der Waals surface area contributed by atoms with E-state index in [1.165, 1.54) is 0 Å². The van der Waals surface area contributed by atoms with E-state index in [-0.39, 0.29) is 0 Å². The Bertz CT molecular complexity index is 796. The van der Waals surface area contributed by atoms with E-state index in [2.05, 4.69) is 32.2 Å². The van der Waals surface area contributed by atoms with Crippen LogP contribution in [0.3, 0.4) is 0 Å². The molecule has 0 amide bonds. The summed E-state index contributed by atoms with van der Waals surface area (Å²) >= 11 is 0. The molecule has 0 bridgehead atoms. The lowest BCUT2D eigenvalue weighted by Gasteiger charge is -2.09. The number of anilines is 1. The zero-order valence-electron chi connectivity index (χ0n) is 14.4. The molecule has 24 heavy (non-hydrogen) atoms. The number of hydrogen-bond acceptors (Lipinski definition) is 6. The molecule has 124 valence electrons. The fraction of sp³-hybridized carbons (Fsp3) is 0.222. The number of methoxy groups -OCH3 is 1. The highest BCUT2D eigenvalue weighted by Crippen LogP contribution is 2.38. The van der Waals surface area contributed by atoms with Crippen LogP contribution in [0.5, 0.6) is 5.75 Å². The molecule has 2 aromatic carbocycles.